The van der Waals surface area contributed by atoms with E-state index in [1.54, 1.807) is 19.1 Å². The Morgan fingerprint density at radius 2 is 2.03 bits per heavy atom. The molecule has 11 heteroatoms. The van der Waals surface area contributed by atoms with E-state index in [4.69, 9.17) is 9.47 Å². The number of carbonyl (C=O) groups is 2. The van der Waals surface area contributed by atoms with Crippen LogP contribution >= 0.6 is 11.3 Å². The zero-order valence-corrected chi connectivity index (χ0v) is 20.2. The van der Waals surface area contributed by atoms with Crippen molar-refractivity contribution in [3.8, 4) is 0 Å². The third-order valence-electron chi connectivity index (χ3n) is 5.27. The number of sulfonamides is 1. The van der Waals surface area contributed by atoms with E-state index in [1.807, 2.05) is 17.6 Å². The van der Waals surface area contributed by atoms with Crippen LogP contribution in [-0.2, 0) is 30.8 Å². The molecular formula is C21H29N3O6S2. The molecule has 1 fully saturated rings. The fraction of sp³-hybridized carbons (Fsp3) is 0.571. The third kappa shape index (κ3) is 5.83. The standard InChI is InChI=1S/C21H29N3O6S2/c1-4-29-12-11-24-17-9-8-15(20(26)30-5-2)13-18(17)31-21(24)22-19(25)16-7-6-10-23(14-16)32(3,27)28/h8-9,13,16H,4-7,10-12,14H2,1-3H3. The Bertz CT molecular complexity index is 1150. The summed E-state index contributed by atoms with van der Waals surface area (Å²) in [4.78, 5) is 29.9. The Morgan fingerprint density at radius 3 is 2.72 bits per heavy atom. The molecule has 1 atom stereocenters. The van der Waals surface area contributed by atoms with E-state index in [2.05, 4.69) is 4.99 Å². The first-order valence-corrected chi connectivity index (χ1v) is 13.3. The average molecular weight is 484 g/mol. The van der Waals surface area contributed by atoms with Gasteiger partial charge in [-0.2, -0.15) is 4.99 Å². The number of amides is 1. The van der Waals surface area contributed by atoms with Crippen molar-refractivity contribution in [1.29, 1.82) is 0 Å². The first-order chi connectivity index (χ1) is 15.2. The third-order valence-corrected chi connectivity index (χ3v) is 7.58. The fourth-order valence-electron chi connectivity index (χ4n) is 3.65. The van der Waals surface area contributed by atoms with Gasteiger partial charge in [0.15, 0.2) is 4.80 Å². The smallest absolute Gasteiger partial charge is 0.338 e. The quantitative estimate of drug-likeness (QED) is 0.420. The Labute approximate surface area is 191 Å². The molecule has 2 heterocycles. The van der Waals surface area contributed by atoms with Crippen LogP contribution in [0.1, 0.15) is 37.0 Å². The molecule has 9 nitrogen and oxygen atoms in total. The Hall–Kier alpha value is -2.08. The van der Waals surface area contributed by atoms with E-state index in [9.17, 15) is 18.0 Å². The first-order valence-electron chi connectivity index (χ1n) is 10.7. The number of rotatable bonds is 8. The maximum atomic E-state index is 13.0. The number of carbonyl (C=O) groups excluding carboxylic acids is 2. The predicted octanol–water partition coefficient (Wildman–Crippen LogP) is 2.01. The molecule has 1 unspecified atom stereocenters. The van der Waals surface area contributed by atoms with Gasteiger partial charge in [-0.15, -0.1) is 0 Å². The average Bonchev–Trinajstić information content (AvgIpc) is 3.09. The SMILES string of the molecule is CCOCCn1c(=NC(=O)C2CCCN(S(C)(=O)=O)C2)sc2cc(C(=O)OCC)ccc21. The Balaban J connectivity index is 1.97. The van der Waals surface area contributed by atoms with Crippen molar-refractivity contribution < 1.29 is 27.5 Å². The Morgan fingerprint density at radius 1 is 1.25 bits per heavy atom. The molecule has 0 aliphatic carbocycles. The van der Waals surface area contributed by atoms with Crippen LogP contribution in [0.2, 0.25) is 0 Å². The van der Waals surface area contributed by atoms with E-state index in [0.29, 0.717) is 49.5 Å². The van der Waals surface area contributed by atoms with Gasteiger partial charge in [-0.05, 0) is 44.9 Å². The molecule has 2 aromatic rings. The minimum atomic E-state index is -3.35. The van der Waals surface area contributed by atoms with Crippen LogP contribution in [0.5, 0.6) is 0 Å². The zero-order chi connectivity index (χ0) is 23.3. The molecule has 1 aliphatic rings. The van der Waals surface area contributed by atoms with Crippen LogP contribution in [0.15, 0.2) is 23.2 Å². The summed E-state index contributed by atoms with van der Waals surface area (Å²) < 4.78 is 38.4. The summed E-state index contributed by atoms with van der Waals surface area (Å²) in [6, 6.07) is 5.26. The summed E-state index contributed by atoms with van der Waals surface area (Å²) in [5, 5.41) is 0. The molecule has 0 saturated carbocycles. The van der Waals surface area contributed by atoms with Crippen LogP contribution < -0.4 is 4.80 Å². The minimum Gasteiger partial charge on any atom is -0.462 e. The number of fused-ring (bicyclic) bond motifs is 1. The van der Waals surface area contributed by atoms with Crippen molar-refractivity contribution in [3.63, 3.8) is 0 Å². The van der Waals surface area contributed by atoms with Crippen molar-refractivity contribution >= 4 is 43.5 Å². The number of nitrogens with zero attached hydrogens (tertiary/aromatic N) is 3. The molecule has 0 N–H and O–H groups in total. The largest absolute Gasteiger partial charge is 0.462 e. The zero-order valence-electron chi connectivity index (χ0n) is 18.6. The van der Waals surface area contributed by atoms with Crippen LogP contribution in [0.4, 0.5) is 0 Å². The minimum absolute atomic E-state index is 0.151. The monoisotopic (exact) mass is 483 g/mol. The first kappa shape index (κ1) is 24.6. The summed E-state index contributed by atoms with van der Waals surface area (Å²) in [6.45, 7) is 6.05. The van der Waals surface area contributed by atoms with E-state index in [0.717, 1.165) is 16.5 Å². The van der Waals surface area contributed by atoms with Gasteiger partial charge in [0.2, 0.25) is 10.0 Å². The molecule has 0 bridgehead atoms. The molecule has 3 rings (SSSR count). The van der Waals surface area contributed by atoms with Crippen molar-refractivity contribution in [1.82, 2.24) is 8.87 Å². The molecule has 32 heavy (non-hydrogen) atoms. The highest BCUT2D eigenvalue weighted by molar-refractivity contribution is 7.88. The van der Waals surface area contributed by atoms with E-state index >= 15 is 0 Å². The molecule has 1 aromatic heterocycles. The van der Waals surface area contributed by atoms with Gasteiger partial charge in [-0.1, -0.05) is 11.3 Å². The predicted molar refractivity (Wildman–Crippen MR) is 122 cm³/mol. The highest BCUT2D eigenvalue weighted by atomic mass is 32.2. The lowest BCUT2D eigenvalue weighted by Crippen LogP contribution is -2.41. The lowest BCUT2D eigenvalue weighted by Gasteiger charge is -2.28. The van der Waals surface area contributed by atoms with E-state index in [1.165, 1.54) is 15.6 Å². The van der Waals surface area contributed by atoms with Gasteiger partial charge in [0.25, 0.3) is 5.91 Å². The van der Waals surface area contributed by atoms with Gasteiger partial charge < -0.3 is 14.0 Å². The second kappa shape index (κ2) is 10.7. The number of hydrogen-bond acceptors (Lipinski definition) is 7. The van der Waals surface area contributed by atoms with E-state index in [-0.39, 0.29) is 19.1 Å². The summed E-state index contributed by atoms with van der Waals surface area (Å²) in [6.07, 6.45) is 2.38. The molecular weight excluding hydrogens is 454 g/mol. The molecule has 1 saturated heterocycles. The normalized spacial score (nSPS) is 18.2. The molecule has 1 aliphatic heterocycles. The number of ether oxygens (including phenoxy) is 2. The van der Waals surface area contributed by atoms with Crippen LogP contribution in [-0.4, -0.2) is 68.3 Å². The number of esters is 1. The lowest BCUT2D eigenvalue weighted by atomic mass is 9.99. The van der Waals surface area contributed by atoms with Gasteiger partial charge in [-0.3, -0.25) is 4.79 Å². The van der Waals surface area contributed by atoms with Crippen molar-refractivity contribution in [2.45, 2.75) is 33.2 Å². The van der Waals surface area contributed by atoms with Crippen molar-refractivity contribution in [2.24, 2.45) is 10.9 Å². The number of thiazole rings is 1. The van der Waals surface area contributed by atoms with E-state index < -0.39 is 21.9 Å². The second-order valence-electron chi connectivity index (χ2n) is 7.55. The summed E-state index contributed by atoms with van der Waals surface area (Å²) in [5.41, 5.74) is 1.28. The maximum Gasteiger partial charge on any atom is 0.338 e. The number of piperidine rings is 1. The molecule has 176 valence electrons. The molecule has 1 amide bonds. The van der Waals surface area contributed by atoms with Gasteiger partial charge in [0, 0.05) is 26.2 Å². The lowest BCUT2D eigenvalue weighted by molar-refractivity contribution is -0.122. The summed E-state index contributed by atoms with van der Waals surface area (Å²) >= 11 is 1.31. The Kier molecular flexibility index (Phi) is 8.21. The summed E-state index contributed by atoms with van der Waals surface area (Å²) in [7, 11) is -3.35. The number of benzene rings is 1. The van der Waals surface area contributed by atoms with Crippen LogP contribution in [0.25, 0.3) is 10.2 Å². The molecule has 1 aromatic carbocycles. The second-order valence-corrected chi connectivity index (χ2v) is 10.5. The van der Waals surface area contributed by atoms with Crippen LogP contribution in [0, 0.1) is 5.92 Å². The van der Waals surface area contributed by atoms with Crippen molar-refractivity contribution in [2.75, 3.05) is 39.2 Å². The highest BCUT2D eigenvalue weighted by Gasteiger charge is 2.30. The van der Waals surface area contributed by atoms with Gasteiger partial charge >= 0.3 is 5.97 Å². The summed E-state index contributed by atoms with van der Waals surface area (Å²) in [5.74, 6) is -1.21. The van der Waals surface area contributed by atoms with Crippen LogP contribution in [0.3, 0.4) is 0 Å². The van der Waals surface area contributed by atoms with Gasteiger partial charge in [-0.25, -0.2) is 17.5 Å². The molecule has 0 spiro atoms. The number of aromatic nitrogens is 1. The highest BCUT2D eigenvalue weighted by Crippen LogP contribution is 2.22. The topological polar surface area (TPSA) is 107 Å². The van der Waals surface area contributed by atoms with Gasteiger partial charge in [0.1, 0.15) is 0 Å². The fourth-order valence-corrected chi connectivity index (χ4v) is 5.66. The molecule has 0 radical (unpaired) electrons. The van der Waals surface area contributed by atoms with Crippen molar-refractivity contribution in [3.05, 3.63) is 28.6 Å². The maximum absolute atomic E-state index is 13.0. The number of hydrogen-bond donors (Lipinski definition) is 0. The van der Waals surface area contributed by atoms with Gasteiger partial charge in [0.05, 0.1) is 41.2 Å².